The monoisotopic (exact) mass is 434 g/mol. The number of carboxylic acids is 1. The molecule has 0 spiro atoms. The minimum Gasteiger partial charge on any atom is -0.481 e. The fourth-order valence-electron chi connectivity index (χ4n) is 3.43. The predicted octanol–water partition coefficient (Wildman–Crippen LogP) is 1.91. The summed E-state index contributed by atoms with van der Waals surface area (Å²) in [7, 11) is -3.59. The Hall–Kier alpha value is -2.69. The maximum Gasteiger partial charge on any atom is 0.303 e. The van der Waals surface area contributed by atoms with Gasteiger partial charge in [0.2, 0.25) is 10.0 Å². The van der Waals surface area contributed by atoms with Crippen LogP contribution in [0.5, 0.6) is 0 Å². The Bertz CT molecular complexity index is 1190. The van der Waals surface area contributed by atoms with E-state index >= 15 is 0 Å². The van der Waals surface area contributed by atoms with Crippen LogP contribution in [-0.4, -0.2) is 48.6 Å². The first-order valence-electron chi connectivity index (χ1n) is 9.90. The highest BCUT2D eigenvalue weighted by Gasteiger charge is 2.22. The third-order valence-electron chi connectivity index (χ3n) is 4.94. The Morgan fingerprint density at radius 2 is 1.93 bits per heavy atom. The summed E-state index contributed by atoms with van der Waals surface area (Å²) in [6, 6.07) is 6.52. The number of hydrogen-bond donors (Lipinski definition) is 5. The van der Waals surface area contributed by atoms with Crippen LogP contribution in [0.3, 0.4) is 0 Å². The van der Waals surface area contributed by atoms with Crippen LogP contribution in [-0.2, 0) is 14.8 Å². The molecule has 5 N–H and O–H groups in total. The maximum absolute atomic E-state index is 12.7. The van der Waals surface area contributed by atoms with E-state index in [-0.39, 0.29) is 16.5 Å². The summed E-state index contributed by atoms with van der Waals surface area (Å²) >= 11 is 0. The first-order valence-corrected chi connectivity index (χ1v) is 11.4. The molecule has 1 saturated heterocycles. The summed E-state index contributed by atoms with van der Waals surface area (Å²) < 4.78 is 28.1. The molecule has 1 aromatic carbocycles. The van der Waals surface area contributed by atoms with Gasteiger partial charge in [0.25, 0.3) is 5.56 Å². The maximum atomic E-state index is 12.7. The number of aromatic nitrogens is 2. The minimum atomic E-state index is -3.59. The number of rotatable bonds is 5. The van der Waals surface area contributed by atoms with Crippen molar-refractivity contribution < 1.29 is 18.3 Å². The highest BCUT2D eigenvalue weighted by molar-refractivity contribution is 7.89. The van der Waals surface area contributed by atoms with E-state index in [4.69, 9.17) is 5.11 Å². The molecule has 30 heavy (non-hydrogen) atoms. The van der Waals surface area contributed by atoms with E-state index in [0.717, 1.165) is 32.4 Å². The number of H-pyrrole nitrogens is 2. The molecule has 1 fully saturated rings. The van der Waals surface area contributed by atoms with Gasteiger partial charge in [-0.3, -0.25) is 9.59 Å². The van der Waals surface area contributed by atoms with E-state index in [1.165, 1.54) is 6.07 Å². The van der Waals surface area contributed by atoms with Gasteiger partial charge in [-0.05, 0) is 56.6 Å². The molecule has 0 saturated carbocycles. The number of sulfonamides is 1. The lowest BCUT2D eigenvalue weighted by Crippen LogP contribution is -2.42. The molecule has 0 bridgehead atoms. The average molecular weight is 435 g/mol. The molecule has 0 atom stereocenters. The van der Waals surface area contributed by atoms with Crippen LogP contribution in [0, 0.1) is 0 Å². The van der Waals surface area contributed by atoms with Gasteiger partial charge in [-0.25, -0.2) is 13.1 Å². The van der Waals surface area contributed by atoms with Crippen LogP contribution < -0.4 is 15.6 Å². The van der Waals surface area contributed by atoms with Crippen molar-refractivity contribution in [2.75, 3.05) is 13.1 Å². The van der Waals surface area contributed by atoms with Gasteiger partial charge in [-0.15, -0.1) is 0 Å². The largest absolute Gasteiger partial charge is 0.481 e. The summed E-state index contributed by atoms with van der Waals surface area (Å²) in [5.74, 6) is -0.711. The number of pyridine rings is 1. The Labute approximate surface area is 173 Å². The zero-order chi connectivity index (χ0) is 21.7. The Kier molecular flexibility index (Phi) is 6.91. The second-order valence-corrected chi connectivity index (χ2v) is 8.93. The molecule has 0 amide bonds. The van der Waals surface area contributed by atoms with Gasteiger partial charge in [-0.2, -0.15) is 0 Å². The first kappa shape index (κ1) is 22.0. The molecule has 0 unspecified atom stereocenters. The van der Waals surface area contributed by atoms with Crippen LogP contribution in [0.15, 0.2) is 40.2 Å². The summed E-state index contributed by atoms with van der Waals surface area (Å²) in [5.41, 5.74) is 0.849. The van der Waals surface area contributed by atoms with Crippen molar-refractivity contribution in [3.05, 3.63) is 40.8 Å². The zero-order valence-corrected chi connectivity index (χ0v) is 17.5. The molecular formula is C20H26N4O5S. The van der Waals surface area contributed by atoms with Crippen molar-refractivity contribution in [3.8, 4) is 0 Å². The summed E-state index contributed by atoms with van der Waals surface area (Å²) in [5, 5.41) is 12.6. The fourth-order valence-corrected chi connectivity index (χ4v) is 4.76. The lowest BCUT2D eigenvalue weighted by atomic mass is 10.1. The Morgan fingerprint density at radius 3 is 2.57 bits per heavy atom. The van der Waals surface area contributed by atoms with Crippen LogP contribution in [0.2, 0.25) is 0 Å². The van der Waals surface area contributed by atoms with Gasteiger partial charge >= 0.3 is 5.97 Å². The topological polar surface area (TPSA) is 144 Å². The van der Waals surface area contributed by atoms with Crippen molar-refractivity contribution in [1.29, 1.82) is 0 Å². The highest BCUT2D eigenvalue weighted by Crippen LogP contribution is 2.24. The number of nitrogens with one attached hydrogen (secondary N) is 4. The smallest absolute Gasteiger partial charge is 0.303 e. The standard InChI is InChI=1S/C16H18N4O3S.C4H8O2/c21-16-15-12(5-8-18-15)13-9-11(1-2-14(13)19-16)24(22,23)20-10-3-6-17-7-4-10;1-2-3-4(5)6/h1-2,5,8-10,17-18,20H,3-4,6-7H2,(H,19,21);2-3H2,1H3,(H,5,6). The lowest BCUT2D eigenvalue weighted by molar-refractivity contribution is -0.137. The van der Waals surface area contributed by atoms with Gasteiger partial charge < -0.3 is 20.4 Å². The second kappa shape index (κ2) is 9.41. The van der Waals surface area contributed by atoms with Crippen molar-refractivity contribution >= 4 is 37.8 Å². The number of fused-ring (bicyclic) bond motifs is 3. The first-order chi connectivity index (χ1) is 14.3. The van der Waals surface area contributed by atoms with Crippen LogP contribution in [0.25, 0.3) is 21.8 Å². The summed E-state index contributed by atoms with van der Waals surface area (Å²) in [4.78, 5) is 27.4. The number of aromatic amines is 2. The van der Waals surface area contributed by atoms with E-state index in [0.29, 0.717) is 28.2 Å². The number of benzene rings is 1. The molecule has 2 aromatic heterocycles. The fraction of sp³-hybridized carbons (Fsp3) is 0.400. The second-order valence-electron chi connectivity index (χ2n) is 7.22. The van der Waals surface area contributed by atoms with Gasteiger partial charge in [-0.1, -0.05) is 6.92 Å². The molecule has 1 aliphatic heterocycles. The van der Waals surface area contributed by atoms with Crippen molar-refractivity contribution in [3.63, 3.8) is 0 Å². The third kappa shape index (κ3) is 5.07. The van der Waals surface area contributed by atoms with Crippen molar-refractivity contribution in [2.45, 2.75) is 43.5 Å². The van der Waals surface area contributed by atoms with Crippen LogP contribution in [0.1, 0.15) is 32.6 Å². The Balaban J connectivity index is 0.000000377. The highest BCUT2D eigenvalue weighted by atomic mass is 32.2. The zero-order valence-electron chi connectivity index (χ0n) is 16.7. The van der Waals surface area contributed by atoms with Gasteiger partial charge in [0.05, 0.1) is 4.90 Å². The molecule has 1 aliphatic rings. The Morgan fingerprint density at radius 1 is 1.20 bits per heavy atom. The SMILES string of the molecule is CCCC(=O)O.O=c1[nH]c2ccc(S(=O)(=O)NC3CCNCC3)cc2c2cc[nH]c12. The van der Waals surface area contributed by atoms with E-state index < -0.39 is 16.0 Å². The van der Waals surface area contributed by atoms with Crippen molar-refractivity contribution in [1.82, 2.24) is 20.0 Å². The molecule has 162 valence electrons. The van der Waals surface area contributed by atoms with Crippen LogP contribution in [0.4, 0.5) is 0 Å². The van der Waals surface area contributed by atoms with E-state index in [9.17, 15) is 18.0 Å². The predicted molar refractivity (Wildman–Crippen MR) is 115 cm³/mol. The van der Waals surface area contributed by atoms with Gasteiger partial charge in [0, 0.05) is 34.9 Å². The van der Waals surface area contributed by atoms with Crippen LogP contribution >= 0.6 is 0 Å². The molecule has 0 aliphatic carbocycles. The molecule has 0 radical (unpaired) electrons. The van der Waals surface area contributed by atoms with E-state index in [2.05, 4.69) is 20.0 Å². The molecule has 3 aromatic rings. The lowest BCUT2D eigenvalue weighted by Gasteiger charge is -2.23. The van der Waals surface area contributed by atoms with E-state index in [1.807, 2.05) is 6.92 Å². The normalized spacial score (nSPS) is 15.1. The van der Waals surface area contributed by atoms with Crippen molar-refractivity contribution in [2.24, 2.45) is 0 Å². The number of carboxylic acid groups (broad SMARTS) is 1. The molecule has 3 heterocycles. The molecular weight excluding hydrogens is 408 g/mol. The molecule has 4 rings (SSSR count). The number of aliphatic carboxylic acids is 1. The third-order valence-corrected chi connectivity index (χ3v) is 6.46. The summed E-state index contributed by atoms with van der Waals surface area (Å²) in [6.45, 7) is 3.47. The number of carbonyl (C=O) groups is 1. The summed E-state index contributed by atoms with van der Waals surface area (Å²) in [6.07, 6.45) is 4.26. The minimum absolute atomic E-state index is 0.0465. The molecule has 9 nitrogen and oxygen atoms in total. The van der Waals surface area contributed by atoms with Gasteiger partial charge in [0.1, 0.15) is 5.52 Å². The average Bonchev–Trinajstić information content (AvgIpc) is 3.19. The molecule has 10 heteroatoms. The van der Waals surface area contributed by atoms with Gasteiger partial charge in [0.15, 0.2) is 0 Å². The quantitative estimate of drug-likeness (QED) is 0.415. The number of hydrogen-bond acceptors (Lipinski definition) is 5. The van der Waals surface area contributed by atoms with E-state index in [1.54, 1.807) is 24.4 Å². The number of piperidine rings is 1.